The Hall–Kier alpha value is -1.56. The van der Waals surface area contributed by atoms with Gasteiger partial charge in [0, 0.05) is 23.9 Å². The Labute approximate surface area is 113 Å². The highest BCUT2D eigenvalue weighted by Crippen LogP contribution is 2.46. The summed E-state index contributed by atoms with van der Waals surface area (Å²) in [5.74, 6) is -0.122. The lowest BCUT2D eigenvalue weighted by Gasteiger charge is -2.15. The molecule has 0 radical (unpaired) electrons. The minimum atomic E-state index is -3.02. The molecule has 0 heterocycles. The van der Waals surface area contributed by atoms with Crippen molar-refractivity contribution >= 4 is 21.4 Å². The summed E-state index contributed by atoms with van der Waals surface area (Å²) in [4.78, 5) is 12.0. The number of nitrogen functional groups attached to an aromatic ring is 1. The van der Waals surface area contributed by atoms with Crippen molar-refractivity contribution in [1.82, 2.24) is 5.32 Å². The van der Waals surface area contributed by atoms with E-state index in [1.54, 1.807) is 24.3 Å². The third-order valence-corrected chi connectivity index (χ3v) is 4.49. The van der Waals surface area contributed by atoms with E-state index in [1.807, 2.05) is 0 Å². The molecule has 1 aliphatic carbocycles. The molecule has 0 unspecified atom stereocenters. The lowest BCUT2D eigenvalue weighted by molar-refractivity contribution is 0.0947. The minimum absolute atomic E-state index is 0.130. The zero-order valence-corrected chi connectivity index (χ0v) is 11.7. The van der Waals surface area contributed by atoms with Crippen LogP contribution in [0.4, 0.5) is 5.69 Å². The fourth-order valence-corrected chi connectivity index (χ4v) is 3.68. The highest BCUT2D eigenvalue weighted by Gasteiger charge is 2.45. The van der Waals surface area contributed by atoms with E-state index in [-0.39, 0.29) is 17.1 Å². The van der Waals surface area contributed by atoms with Gasteiger partial charge in [-0.1, -0.05) is 12.1 Å². The average molecular weight is 282 g/mol. The first-order valence-corrected chi connectivity index (χ1v) is 8.18. The van der Waals surface area contributed by atoms with Crippen LogP contribution in [0.5, 0.6) is 0 Å². The van der Waals surface area contributed by atoms with Crippen LogP contribution in [0.1, 0.15) is 23.2 Å². The molecule has 1 aromatic rings. The van der Waals surface area contributed by atoms with Crippen molar-refractivity contribution in [2.75, 3.05) is 24.3 Å². The number of anilines is 1. The van der Waals surface area contributed by atoms with E-state index in [2.05, 4.69) is 5.32 Å². The molecule has 1 aromatic carbocycles. The van der Waals surface area contributed by atoms with Crippen molar-refractivity contribution in [2.24, 2.45) is 5.41 Å². The van der Waals surface area contributed by atoms with E-state index in [0.717, 1.165) is 12.8 Å². The van der Waals surface area contributed by atoms with Crippen molar-refractivity contribution in [3.8, 4) is 0 Å². The summed E-state index contributed by atoms with van der Waals surface area (Å²) in [5, 5.41) is 2.78. The van der Waals surface area contributed by atoms with Crippen LogP contribution in [-0.2, 0) is 9.84 Å². The summed E-state index contributed by atoms with van der Waals surface area (Å²) in [5.41, 5.74) is 6.30. The van der Waals surface area contributed by atoms with Crippen molar-refractivity contribution < 1.29 is 13.2 Å². The minimum Gasteiger partial charge on any atom is -0.398 e. The Morgan fingerprint density at radius 3 is 2.53 bits per heavy atom. The van der Waals surface area contributed by atoms with Crippen molar-refractivity contribution in [2.45, 2.75) is 12.8 Å². The van der Waals surface area contributed by atoms with Crippen LogP contribution < -0.4 is 11.1 Å². The summed E-state index contributed by atoms with van der Waals surface area (Å²) >= 11 is 0. The Balaban J connectivity index is 1.97. The van der Waals surface area contributed by atoms with Gasteiger partial charge < -0.3 is 11.1 Å². The summed E-state index contributed by atoms with van der Waals surface area (Å²) in [7, 11) is -3.02. The number of nitrogens with one attached hydrogen (secondary N) is 1. The predicted octanol–water partition coefficient (Wildman–Crippen LogP) is 0.823. The van der Waals surface area contributed by atoms with Gasteiger partial charge in [-0.15, -0.1) is 0 Å². The highest BCUT2D eigenvalue weighted by molar-refractivity contribution is 7.90. The number of nitrogens with two attached hydrogens (primary N) is 1. The molecule has 0 atom stereocenters. The topological polar surface area (TPSA) is 89.3 Å². The monoisotopic (exact) mass is 282 g/mol. The van der Waals surface area contributed by atoms with Crippen LogP contribution in [0.2, 0.25) is 0 Å². The molecule has 1 saturated carbocycles. The smallest absolute Gasteiger partial charge is 0.253 e. The van der Waals surface area contributed by atoms with E-state index in [4.69, 9.17) is 5.73 Å². The molecule has 0 aromatic heterocycles. The number of carbonyl (C=O) groups is 1. The first kappa shape index (κ1) is 13.9. The van der Waals surface area contributed by atoms with Crippen molar-refractivity contribution in [1.29, 1.82) is 0 Å². The number of hydrogen-bond acceptors (Lipinski definition) is 4. The maximum atomic E-state index is 12.0. The molecule has 6 heteroatoms. The standard InChI is InChI=1S/C13H18N2O3S/c1-19(17,18)9-13(6-7-13)8-15-12(16)10-4-2-3-5-11(10)14/h2-5H,6-9,14H2,1H3,(H,15,16). The third kappa shape index (κ3) is 3.70. The molecule has 1 amide bonds. The Kier molecular flexibility index (Phi) is 3.54. The second-order valence-corrected chi connectivity index (χ2v) is 7.48. The van der Waals surface area contributed by atoms with E-state index < -0.39 is 9.84 Å². The van der Waals surface area contributed by atoms with E-state index in [0.29, 0.717) is 17.8 Å². The van der Waals surface area contributed by atoms with E-state index in [1.165, 1.54) is 6.26 Å². The van der Waals surface area contributed by atoms with Crippen LogP contribution in [0.25, 0.3) is 0 Å². The summed E-state index contributed by atoms with van der Waals surface area (Å²) < 4.78 is 22.6. The molecular formula is C13H18N2O3S. The number of benzene rings is 1. The Morgan fingerprint density at radius 1 is 1.37 bits per heavy atom. The molecule has 2 rings (SSSR count). The molecule has 0 aliphatic heterocycles. The van der Waals surface area contributed by atoms with Gasteiger partial charge in [-0.05, 0) is 25.0 Å². The number of hydrogen-bond donors (Lipinski definition) is 2. The molecule has 3 N–H and O–H groups in total. The molecule has 0 spiro atoms. The van der Waals surface area contributed by atoms with Crippen LogP contribution in [-0.4, -0.2) is 32.9 Å². The maximum Gasteiger partial charge on any atom is 0.253 e. The Morgan fingerprint density at radius 2 is 2.00 bits per heavy atom. The van der Waals surface area contributed by atoms with Gasteiger partial charge in [0.05, 0.1) is 11.3 Å². The molecule has 1 fully saturated rings. The zero-order valence-electron chi connectivity index (χ0n) is 10.8. The number of rotatable bonds is 5. The fourth-order valence-electron chi connectivity index (χ4n) is 2.17. The lowest BCUT2D eigenvalue weighted by atomic mass is 10.1. The van der Waals surface area contributed by atoms with Gasteiger partial charge in [0.15, 0.2) is 0 Å². The summed E-state index contributed by atoms with van der Waals surface area (Å²) in [6.45, 7) is 0.382. The fraction of sp³-hybridized carbons (Fsp3) is 0.462. The van der Waals surface area contributed by atoms with Crippen molar-refractivity contribution in [3.63, 3.8) is 0 Å². The number of amides is 1. The van der Waals surface area contributed by atoms with Gasteiger partial charge in [-0.2, -0.15) is 0 Å². The van der Waals surface area contributed by atoms with Crippen LogP contribution in [0.3, 0.4) is 0 Å². The van der Waals surface area contributed by atoms with Crippen LogP contribution >= 0.6 is 0 Å². The average Bonchev–Trinajstić information content (AvgIpc) is 3.04. The second-order valence-electron chi connectivity index (χ2n) is 5.34. The molecule has 104 valence electrons. The molecule has 5 nitrogen and oxygen atoms in total. The number of carbonyl (C=O) groups excluding carboxylic acids is 1. The molecular weight excluding hydrogens is 264 g/mol. The van der Waals surface area contributed by atoms with Gasteiger partial charge in [-0.3, -0.25) is 4.79 Å². The lowest BCUT2D eigenvalue weighted by Crippen LogP contribution is -2.33. The van der Waals surface area contributed by atoms with Gasteiger partial charge in [0.2, 0.25) is 0 Å². The quantitative estimate of drug-likeness (QED) is 0.783. The van der Waals surface area contributed by atoms with Crippen LogP contribution in [0, 0.1) is 5.41 Å². The highest BCUT2D eigenvalue weighted by atomic mass is 32.2. The summed E-state index contributed by atoms with van der Waals surface area (Å²) in [6.07, 6.45) is 2.90. The largest absolute Gasteiger partial charge is 0.398 e. The van der Waals surface area contributed by atoms with Gasteiger partial charge in [-0.25, -0.2) is 8.42 Å². The SMILES string of the molecule is CS(=O)(=O)CC1(CNC(=O)c2ccccc2N)CC1. The van der Waals surface area contributed by atoms with Crippen molar-refractivity contribution in [3.05, 3.63) is 29.8 Å². The summed E-state index contributed by atoms with van der Waals surface area (Å²) in [6, 6.07) is 6.83. The first-order valence-electron chi connectivity index (χ1n) is 6.12. The Bertz CT molecular complexity index is 592. The first-order chi connectivity index (χ1) is 8.81. The van der Waals surface area contributed by atoms with E-state index in [9.17, 15) is 13.2 Å². The van der Waals surface area contributed by atoms with Crippen LogP contribution in [0.15, 0.2) is 24.3 Å². The molecule has 1 aliphatic rings. The normalized spacial score (nSPS) is 16.9. The number of para-hydroxylation sites is 1. The maximum absolute atomic E-state index is 12.0. The molecule has 0 bridgehead atoms. The third-order valence-electron chi connectivity index (χ3n) is 3.35. The van der Waals surface area contributed by atoms with Gasteiger partial charge in [0.1, 0.15) is 9.84 Å². The van der Waals surface area contributed by atoms with Gasteiger partial charge >= 0.3 is 0 Å². The van der Waals surface area contributed by atoms with Gasteiger partial charge in [0.25, 0.3) is 5.91 Å². The second kappa shape index (κ2) is 4.85. The molecule has 19 heavy (non-hydrogen) atoms. The number of sulfone groups is 1. The molecule has 0 saturated heterocycles. The zero-order chi connectivity index (χ0) is 14.1. The van der Waals surface area contributed by atoms with E-state index >= 15 is 0 Å². The predicted molar refractivity (Wildman–Crippen MR) is 74.6 cm³/mol.